The standard InChI is InChI=1S/C25H26ClF2N7OS/c1-34-7-3-4-12(34)11-36-25-32-22-14(23(33-25)35-9-16(27)17(29)10-35)8-15(26)19(20(22)28)13-5-2-6-18-21(13)31-24(30)37-18/h2,5-6,8,12,16-17H,3-4,7,9-11,29H2,1H3,(H2,30,31)/t12?,16-,17-/m0/s1. The zero-order chi connectivity index (χ0) is 25.8. The van der Waals surface area contributed by atoms with Gasteiger partial charge in [-0.25, -0.2) is 13.8 Å². The van der Waals surface area contributed by atoms with Gasteiger partial charge in [0.05, 0.1) is 27.8 Å². The van der Waals surface area contributed by atoms with Gasteiger partial charge in [0.2, 0.25) is 0 Å². The fourth-order valence-corrected chi connectivity index (χ4v) is 6.26. The van der Waals surface area contributed by atoms with Crippen LogP contribution in [-0.2, 0) is 0 Å². The highest BCUT2D eigenvalue weighted by Crippen LogP contribution is 2.42. The highest BCUT2D eigenvalue weighted by Gasteiger charge is 2.33. The fraction of sp³-hybridized carbons (Fsp3) is 0.400. The lowest BCUT2D eigenvalue weighted by molar-refractivity contribution is 0.188. The molecule has 6 rings (SSSR count). The summed E-state index contributed by atoms with van der Waals surface area (Å²) in [6.07, 6.45) is 0.853. The number of thiazole rings is 1. The number of aromatic nitrogens is 3. The minimum atomic E-state index is -1.23. The highest BCUT2D eigenvalue weighted by molar-refractivity contribution is 7.22. The van der Waals surface area contributed by atoms with Gasteiger partial charge >= 0.3 is 6.01 Å². The molecule has 12 heteroatoms. The van der Waals surface area contributed by atoms with Crippen LogP contribution in [0.5, 0.6) is 6.01 Å². The number of likely N-dealkylation sites (N-methyl/N-ethyl adjacent to an activating group) is 1. The number of hydrogen-bond donors (Lipinski definition) is 2. The van der Waals surface area contributed by atoms with Crippen LogP contribution in [0.25, 0.3) is 32.2 Å². The number of hydrogen-bond acceptors (Lipinski definition) is 9. The molecule has 0 radical (unpaired) electrons. The fourth-order valence-electron chi connectivity index (χ4n) is 5.20. The first-order valence-electron chi connectivity index (χ1n) is 12.1. The van der Waals surface area contributed by atoms with Gasteiger partial charge in [-0.3, -0.25) is 0 Å². The molecular weight excluding hydrogens is 520 g/mol. The van der Waals surface area contributed by atoms with E-state index in [4.69, 9.17) is 27.8 Å². The monoisotopic (exact) mass is 545 g/mol. The maximum atomic E-state index is 16.3. The maximum absolute atomic E-state index is 16.3. The molecule has 2 saturated heterocycles. The molecule has 1 unspecified atom stereocenters. The molecule has 3 atom stereocenters. The van der Waals surface area contributed by atoms with Crippen LogP contribution in [0, 0.1) is 5.82 Å². The number of ether oxygens (including phenoxy) is 1. The van der Waals surface area contributed by atoms with Crippen molar-refractivity contribution in [2.24, 2.45) is 5.73 Å². The molecule has 0 spiro atoms. The van der Waals surface area contributed by atoms with E-state index in [1.165, 1.54) is 11.3 Å². The van der Waals surface area contributed by atoms with Crippen molar-refractivity contribution in [2.45, 2.75) is 31.1 Å². The largest absolute Gasteiger partial charge is 0.462 e. The Morgan fingerprint density at radius 3 is 2.78 bits per heavy atom. The maximum Gasteiger partial charge on any atom is 0.319 e. The molecule has 37 heavy (non-hydrogen) atoms. The molecule has 2 fully saturated rings. The Morgan fingerprint density at radius 2 is 2.05 bits per heavy atom. The Kier molecular flexibility index (Phi) is 6.26. The molecule has 4 heterocycles. The van der Waals surface area contributed by atoms with E-state index in [-0.39, 0.29) is 41.2 Å². The summed E-state index contributed by atoms with van der Waals surface area (Å²) in [6.45, 7) is 1.63. The Hall–Kier alpha value is -2.86. The number of nitrogens with zero attached hydrogens (tertiary/aromatic N) is 5. The van der Waals surface area contributed by atoms with Crippen molar-refractivity contribution >= 4 is 55.0 Å². The zero-order valence-electron chi connectivity index (χ0n) is 20.1. The number of rotatable bonds is 5. The summed E-state index contributed by atoms with van der Waals surface area (Å²) in [5, 5.41) is 0.904. The van der Waals surface area contributed by atoms with E-state index in [0.717, 1.165) is 24.1 Å². The molecule has 4 N–H and O–H groups in total. The minimum absolute atomic E-state index is 0.0296. The number of likely N-dealkylation sites (tertiary alicyclic amines) is 1. The summed E-state index contributed by atoms with van der Waals surface area (Å²) in [6, 6.07) is 6.62. The summed E-state index contributed by atoms with van der Waals surface area (Å²) in [4.78, 5) is 17.3. The molecule has 4 aromatic rings. The molecule has 0 bridgehead atoms. The van der Waals surface area contributed by atoms with Crippen molar-refractivity contribution in [1.82, 2.24) is 19.9 Å². The Labute approximate surface area is 221 Å². The topological polar surface area (TPSA) is 106 Å². The normalized spacial score (nSPS) is 22.5. The number of anilines is 2. The third-order valence-electron chi connectivity index (χ3n) is 7.21. The number of nitrogens with two attached hydrogens (primary N) is 2. The van der Waals surface area contributed by atoms with E-state index < -0.39 is 18.0 Å². The molecule has 194 valence electrons. The predicted molar refractivity (Wildman–Crippen MR) is 144 cm³/mol. The highest BCUT2D eigenvalue weighted by atomic mass is 35.5. The number of nitrogen functional groups attached to an aromatic ring is 1. The lowest BCUT2D eigenvalue weighted by atomic mass is 10.0. The van der Waals surface area contributed by atoms with Gasteiger partial charge in [0.15, 0.2) is 10.9 Å². The van der Waals surface area contributed by atoms with Gasteiger partial charge in [-0.05, 0) is 38.6 Å². The van der Waals surface area contributed by atoms with Crippen LogP contribution >= 0.6 is 22.9 Å². The number of alkyl halides is 1. The van der Waals surface area contributed by atoms with Crippen molar-refractivity contribution in [3.63, 3.8) is 0 Å². The Balaban J connectivity index is 1.51. The summed E-state index contributed by atoms with van der Waals surface area (Å²) in [7, 11) is 2.04. The van der Waals surface area contributed by atoms with Crippen molar-refractivity contribution in [3.05, 3.63) is 35.1 Å². The number of benzene rings is 2. The summed E-state index contributed by atoms with van der Waals surface area (Å²) in [5.41, 5.74) is 13.1. The van der Waals surface area contributed by atoms with Gasteiger partial charge in [0.25, 0.3) is 0 Å². The number of para-hydroxylation sites is 1. The Morgan fingerprint density at radius 1 is 1.22 bits per heavy atom. The van der Waals surface area contributed by atoms with Gasteiger partial charge in [0.1, 0.15) is 24.1 Å². The van der Waals surface area contributed by atoms with Crippen molar-refractivity contribution in [3.8, 4) is 17.1 Å². The average molecular weight is 546 g/mol. The molecule has 0 saturated carbocycles. The third kappa shape index (κ3) is 4.33. The molecule has 0 aliphatic carbocycles. The van der Waals surface area contributed by atoms with Gasteiger partial charge in [-0.1, -0.05) is 35.1 Å². The second-order valence-electron chi connectivity index (χ2n) is 9.65. The first-order valence-corrected chi connectivity index (χ1v) is 13.3. The van der Waals surface area contributed by atoms with Crippen molar-refractivity contribution < 1.29 is 13.5 Å². The van der Waals surface area contributed by atoms with E-state index >= 15 is 4.39 Å². The number of fused-ring (bicyclic) bond motifs is 2. The SMILES string of the molecule is CN1CCCC1COc1nc(N2C[C@H](N)[C@@H](F)C2)c2cc(Cl)c(-c3cccc4sc(N)nc34)c(F)c2n1. The molecule has 0 amide bonds. The van der Waals surface area contributed by atoms with E-state index in [1.54, 1.807) is 23.1 Å². The van der Waals surface area contributed by atoms with Gasteiger partial charge in [0, 0.05) is 29.1 Å². The lowest BCUT2D eigenvalue weighted by Gasteiger charge is -2.22. The Bertz CT molecular complexity index is 1490. The third-order valence-corrected chi connectivity index (χ3v) is 8.36. The van der Waals surface area contributed by atoms with Gasteiger partial charge in [-0.2, -0.15) is 9.97 Å². The van der Waals surface area contributed by atoms with Crippen LogP contribution in [-0.4, -0.2) is 71.4 Å². The van der Waals surface area contributed by atoms with Crippen LogP contribution in [0.4, 0.5) is 19.7 Å². The summed E-state index contributed by atoms with van der Waals surface area (Å²) in [5.74, 6) is -0.285. The summed E-state index contributed by atoms with van der Waals surface area (Å²) >= 11 is 8.00. The lowest BCUT2D eigenvalue weighted by Crippen LogP contribution is -2.31. The number of halogens is 3. The van der Waals surface area contributed by atoms with E-state index in [9.17, 15) is 4.39 Å². The van der Waals surface area contributed by atoms with Crippen LogP contribution in [0.15, 0.2) is 24.3 Å². The van der Waals surface area contributed by atoms with E-state index in [1.807, 2.05) is 13.1 Å². The van der Waals surface area contributed by atoms with Crippen LogP contribution < -0.4 is 21.1 Å². The smallest absolute Gasteiger partial charge is 0.319 e. The summed E-state index contributed by atoms with van der Waals surface area (Å²) < 4.78 is 37.5. The predicted octanol–water partition coefficient (Wildman–Crippen LogP) is 4.24. The zero-order valence-corrected chi connectivity index (χ0v) is 21.7. The molecule has 2 aliphatic rings. The van der Waals surface area contributed by atoms with Crippen molar-refractivity contribution in [2.75, 3.05) is 43.9 Å². The van der Waals surface area contributed by atoms with E-state index in [0.29, 0.717) is 34.0 Å². The second kappa shape index (κ2) is 9.46. The van der Waals surface area contributed by atoms with Crippen LogP contribution in [0.1, 0.15) is 12.8 Å². The molecule has 2 aromatic carbocycles. The molecule has 2 aliphatic heterocycles. The van der Waals surface area contributed by atoms with Crippen LogP contribution in [0.3, 0.4) is 0 Å². The second-order valence-corrected chi connectivity index (χ2v) is 11.1. The molecular formula is C25H26ClF2N7OS. The average Bonchev–Trinajstić information content (AvgIpc) is 3.55. The quantitative estimate of drug-likeness (QED) is 0.383. The van der Waals surface area contributed by atoms with Gasteiger partial charge in [-0.15, -0.1) is 0 Å². The minimum Gasteiger partial charge on any atom is -0.462 e. The van der Waals surface area contributed by atoms with Crippen molar-refractivity contribution in [1.29, 1.82) is 0 Å². The van der Waals surface area contributed by atoms with Crippen LogP contribution in [0.2, 0.25) is 5.02 Å². The molecule has 2 aromatic heterocycles. The van der Waals surface area contributed by atoms with E-state index in [2.05, 4.69) is 19.9 Å². The first kappa shape index (κ1) is 24.5. The molecule has 8 nitrogen and oxygen atoms in total. The first-order chi connectivity index (χ1) is 17.8. The van der Waals surface area contributed by atoms with Gasteiger partial charge < -0.3 is 26.0 Å².